The summed E-state index contributed by atoms with van der Waals surface area (Å²) in [7, 11) is 0. The summed E-state index contributed by atoms with van der Waals surface area (Å²) in [5.74, 6) is 0.353. The van der Waals surface area contributed by atoms with Gasteiger partial charge in [0.25, 0.3) is 5.91 Å². The minimum absolute atomic E-state index is 0.130. The predicted molar refractivity (Wildman–Crippen MR) is 78.4 cm³/mol. The molecule has 1 amide bonds. The fourth-order valence-electron chi connectivity index (χ4n) is 1.59. The Morgan fingerprint density at radius 1 is 1.30 bits per heavy atom. The highest BCUT2D eigenvalue weighted by molar-refractivity contribution is 6.30. The van der Waals surface area contributed by atoms with Gasteiger partial charge in [0.15, 0.2) is 6.61 Å². The van der Waals surface area contributed by atoms with E-state index >= 15 is 0 Å². The molecule has 2 rings (SSSR count). The summed E-state index contributed by atoms with van der Waals surface area (Å²) in [6.45, 7) is 1.65. The molecule has 0 spiro atoms. The molecule has 0 saturated heterocycles. The van der Waals surface area contributed by atoms with Crippen molar-refractivity contribution in [3.63, 3.8) is 0 Å². The molecule has 5 heteroatoms. The van der Waals surface area contributed by atoms with Crippen molar-refractivity contribution in [3.8, 4) is 11.5 Å². The van der Waals surface area contributed by atoms with Crippen molar-refractivity contribution < 1.29 is 14.6 Å². The van der Waals surface area contributed by atoms with Crippen molar-refractivity contribution >= 4 is 23.2 Å². The summed E-state index contributed by atoms with van der Waals surface area (Å²) in [5.41, 5.74) is 1.27. The molecule has 2 N–H and O–H groups in total. The van der Waals surface area contributed by atoms with E-state index in [9.17, 15) is 9.90 Å². The number of rotatable bonds is 4. The maximum atomic E-state index is 11.7. The van der Waals surface area contributed by atoms with Gasteiger partial charge in [0.2, 0.25) is 0 Å². The van der Waals surface area contributed by atoms with E-state index in [0.29, 0.717) is 16.5 Å². The summed E-state index contributed by atoms with van der Waals surface area (Å²) >= 11 is 5.81. The number of benzene rings is 2. The summed E-state index contributed by atoms with van der Waals surface area (Å²) in [4.78, 5) is 11.7. The molecule has 0 saturated carbocycles. The lowest BCUT2D eigenvalue weighted by atomic mass is 10.2. The van der Waals surface area contributed by atoms with Crippen LogP contribution in [-0.4, -0.2) is 17.6 Å². The first kappa shape index (κ1) is 14.2. The topological polar surface area (TPSA) is 58.6 Å². The number of ether oxygens (including phenoxy) is 1. The molecule has 0 unspecified atom stereocenters. The molecule has 0 aliphatic rings. The predicted octanol–water partition coefficient (Wildman–Crippen LogP) is 3.37. The van der Waals surface area contributed by atoms with Crippen molar-refractivity contribution in [2.24, 2.45) is 0 Å². The quantitative estimate of drug-likeness (QED) is 0.908. The molecule has 0 radical (unpaired) electrons. The van der Waals surface area contributed by atoms with Crippen LogP contribution in [0.2, 0.25) is 5.02 Å². The number of aromatic hydroxyl groups is 1. The molecule has 0 aromatic heterocycles. The van der Waals surface area contributed by atoms with Gasteiger partial charge in [0.1, 0.15) is 11.5 Å². The number of anilines is 1. The molecule has 0 fully saturated rings. The maximum absolute atomic E-state index is 11.7. The van der Waals surface area contributed by atoms with Gasteiger partial charge in [-0.05, 0) is 36.8 Å². The minimum atomic E-state index is -0.312. The van der Waals surface area contributed by atoms with Crippen LogP contribution in [0.3, 0.4) is 0 Å². The molecule has 2 aromatic carbocycles. The van der Waals surface area contributed by atoms with Crippen LogP contribution in [0.25, 0.3) is 0 Å². The third-order valence-electron chi connectivity index (χ3n) is 2.66. The van der Waals surface area contributed by atoms with Crippen molar-refractivity contribution in [3.05, 3.63) is 53.1 Å². The smallest absolute Gasteiger partial charge is 0.262 e. The molecule has 20 heavy (non-hydrogen) atoms. The van der Waals surface area contributed by atoms with E-state index in [2.05, 4.69) is 5.32 Å². The minimum Gasteiger partial charge on any atom is -0.508 e. The van der Waals surface area contributed by atoms with Crippen molar-refractivity contribution in [2.45, 2.75) is 6.92 Å². The van der Waals surface area contributed by atoms with E-state index in [1.54, 1.807) is 43.3 Å². The number of nitrogens with one attached hydrogen (secondary N) is 1. The number of hydrogen-bond donors (Lipinski definition) is 2. The Labute approximate surface area is 122 Å². The van der Waals surface area contributed by atoms with Crippen LogP contribution in [0.1, 0.15) is 5.56 Å². The zero-order valence-corrected chi connectivity index (χ0v) is 11.6. The summed E-state index contributed by atoms with van der Waals surface area (Å²) in [5, 5.41) is 12.7. The van der Waals surface area contributed by atoms with E-state index in [4.69, 9.17) is 16.3 Å². The zero-order chi connectivity index (χ0) is 14.5. The number of phenols is 1. The number of hydrogen-bond acceptors (Lipinski definition) is 3. The number of phenolic OH excluding ortho intramolecular Hbond substituents is 1. The Balaban J connectivity index is 1.91. The number of carbonyl (C=O) groups excluding carboxylic acids is 1. The number of halogens is 1. The molecule has 0 atom stereocenters. The zero-order valence-electron chi connectivity index (χ0n) is 10.9. The molecular formula is C15H14ClNO3. The number of aryl methyl sites for hydroxylation is 1. The lowest BCUT2D eigenvalue weighted by Crippen LogP contribution is -2.20. The fraction of sp³-hybridized carbons (Fsp3) is 0.133. The second-order valence-corrected chi connectivity index (χ2v) is 4.73. The van der Waals surface area contributed by atoms with Gasteiger partial charge >= 0.3 is 0 Å². The Hall–Kier alpha value is -2.20. The van der Waals surface area contributed by atoms with Gasteiger partial charge in [0, 0.05) is 16.8 Å². The van der Waals surface area contributed by atoms with Crippen LogP contribution in [0.5, 0.6) is 11.5 Å². The average molecular weight is 292 g/mol. The highest BCUT2D eigenvalue weighted by Crippen LogP contribution is 2.21. The van der Waals surface area contributed by atoms with Crippen LogP contribution in [0, 0.1) is 6.92 Å². The van der Waals surface area contributed by atoms with Gasteiger partial charge < -0.3 is 15.2 Å². The normalized spacial score (nSPS) is 10.1. The third kappa shape index (κ3) is 3.90. The molecule has 0 heterocycles. The van der Waals surface area contributed by atoms with Crippen LogP contribution in [-0.2, 0) is 4.79 Å². The van der Waals surface area contributed by atoms with E-state index in [1.807, 2.05) is 0 Å². The molecular weight excluding hydrogens is 278 g/mol. The number of amides is 1. The SMILES string of the molecule is Cc1ccc(NC(=O)COc2cccc(Cl)c2)cc1O. The van der Waals surface area contributed by atoms with Gasteiger partial charge in [0.05, 0.1) is 0 Å². The lowest BCUT2D eigenvalue weighted by Gasteiger charge is -2.08. The van der Waals surface area contributed by atoms with Crippen LogP contribution < -0.4 is 10.1 Å². The molecule has 4 nitrogen and oxygen atoms in total. The van der Waals surface area contributed by atoms with Crippen LogP contribution >= 0.6 is 11.6 Å². The molecule has 0 aliphatic heterocycles. The first-order chi connectivity index (χ1) is 9.54. The standard InChI is InChI=1S/C15H14ClNO3/c1-10-5-6-12(8-14(10)18)17-15(19)9-20-13-4-2-3-11(16)7-13/h2-8,18H,9H2,1H3,(H,17,19). The summed E-state index contributed by atoms with van der Waals surface area (Å²) < 4.78 is 5.32. The largest absolute Gasteiger partial charge is 0.508 e. The highest BCUT2D eigenvalue weighted by Gasteiger charge is 2.05. The van der Waals surface area contributed by atoms with E-state index in [-0.39, 0.29) is 18.3 Å². The summed E-state index contributed by atoms with van der Waals surface area (Å²) in [6.07, 6.45) is 0. The Bertz CT molecular complexity index is 628. The Kier molecular flexibility index (Phi) is 4.48. The first-order valence-electron chi connectivity index (χ1n) is 6.02. The average Bonchev–Trinajstić information content (AvgIpc) is 2.41. The van der Waals surface area contributed by atoms with E-state index < -0.39 is 0 Å². The monoisotopic (exact) mass is 291 g/mol. The highest BCUT2D eigenvalue weighted by atomic mass is 35.5. The fourth-order valence-corrected chi connectivity index (χ4v) is 1.77. The lowest BCUT2D eigenvalue weighted by molar-refractivity contribution is -0.118. The Morgan fingerprint density at radius 2 is 2.10 bits per heavy atom. The summed E-state index contributed by atoms with van der Waals surface area (Å²) in [6, 6.07) is 11.8. The van der Waals surface area contributed by atoms with Crippen molar-refractivity contribution in [1.82, 2.24) is 0 Å². The van der Waals surface area contributed by atoms with Crippen molar-refractivity contribution in [2.75, 3.05) is 11.9 Å². The molecule has 2 aromatic rings. The van der Waals surface area contributed by atoms with Crippen LogP contribution in [0.4, 0.5) is 5.69 Å². The van der Waals surface area contributed by atoms with E-state index in [0.717, 1.165) is 5.56 Å². The maximum Gasteiger partial charge on any atom is 0.262 e. The van der Waals surface area contributed by atoms with E-state index in [1.165, 1.54) is 6.07 Å². The molecule has 0 bridgehead atoms. The second-order valence-electron chi connectivity index (χ2n) is 4.30. The molecule has 0 aliphatic carbocycles. The van der Waals surface area contributed by atoms with Gasteiger partial charge in [-0.3, -0.25) is 4.79 Å². The van der Waals surface area contributed by atoms with Crippen molar-refractivity contribution in [1.29, 1.82) is 0 Å². The van der Waals surface area contributed by atoms with Gasteiger partial charge in [-0.25, -0.2) is 0 Å². The number of carbonyl (C=O) groups is 1. The van der Waals surface area contributed by atoms with Gasteiger partial charge in [-0.1, -0.05) is 23.7 Å². The molecule has 104 valence electrons. The van der Waals surface area contributed by atoms with Gasteiger partial charge in [-0.2, -0.15) is 0 Å². The van der Waals surface area contributed by atoms with Crippen LogP contribution in [0.15, 0.2) is 42.5 Å². The van der Waals surface area contributed by atoms with Gasteiger partial charge in [-0.15, -0.1) is 0 Å². The third-order valence-corrected chi connectivity index (χ3v) is 2.89. The second kappa shape index (κ2) is 6.30. The first-order valence-corrected chi connectivity index (χ1v) is 6.40. The Morgan fingerprint density at radius 3 is 2.80 bits per heavy atom.